The van der Waals surface area contributed by atoms with Crippen molar-refractivity contribution < 1.29 is 4.79 Å². The largest absolute Gasteiger partial charge is 0.356 e. The van der Waals surface area contributed by atoms with E-state index in [0.717, 1.165) is 31.7 Å². The predicted molar refractivity (Wildman–Crippen MR) is 99.3 cm³/mol. The summed E-state index contributed by atoms with van der Waals surface area (Å²) in [7, 11) is 0. The van der Waals surface area contributed by atoms with E-state index in [9.17, 15) is 4.79 Å². The van der Waals surface area contributed by atoms with Gasteiger partial charge in [0.25, 0.3) is 0 Å². The number of amides is 1. The molecule has 1 saturated heterocycles. The molecule has 9 heteroatoms. The molecule has 1 aliphatic heterocycles. The number of hydrogen-bond donors (Lipinski definition) is 1. The molecule has 0 aromatic carbocycles. The van der Waals surface area contributed by atoms with Gasteiger partial charge in [-0.05, 0) is 25.0 Å². The van der Waals surface area contributed by atoms with Crippen LogP contribution in [-0.4, -0.2) is 54.8 Å². The van der Waals surface area contributed by atoms with Crippen molar-refractivity contribution in [3.8, 4) is 5.82 Å². The van der Waals surface area contributed by atoms with Crippen LogP contribution in [-0.2, 0) is 11.3 Å². The number of carbonyl (C=O) groups excluding carboxylic acids is 1. The zero-order valence-electron chi connectivity index (χ0n) is 15.0. The molecule has 140 valence electrons. The first kappa shape index (κ1) is 17.2. The van der Waals surface area contributed by atoms with Gasteiger partial charge in [-0.2, -0.15) is 5.10 Å². The van der Waals surface area contributed by atoms with E-state index in [2.05, 4.69) is 34.8 Å². The Morgan fingerprint density at radius 3 is 2.85 bits per heavy atom. The molecule has 1 atom stereocenters. The van der Waals surface area contributed by atoms with Crippen molar-refractivity contribution in [2.24, 2.45) is 5.92 Å². The maximum absolute atomic E-state index is 12.6. The summed E-state index contributed by atoms with van der Waals surface area (Å²) in [6.07, 6.45) is 10.4. The number of carbonyl (C=O) groups is 1. The van der Waals surface area contributed by atoms with E-state index in [0.29, 0.717) is 18.9 Å². The van der Waals surface area contributed by atoms with Gasteiger partial charge in [-0.25, -0.2) is 19.6 Å². The number of rotatable bonds is 6. The van der Waals surface area contributed by atoms with Crippen molar-refractivity contribution in [3.63, 3.8) is 0 Å². The Labute approximate surface area is 157 Å². The van der Waals surface area contributed by atoms with Gasteiger partial charge < -0.3 is 14.8 Å². The smallest absolute Gasteiger partial charge is 0.224 e. The monoisotopic (exact) mass is 366 g/mol. The molecule has 1 N–H and O–H groups in total. The van der Waals surface area contributed by atoms with Crippen molar-refractivity contribution in [2.75, 3.05) is 24.5 Å². The minimum Gasteiger partial charge on any atom is -0.356 e. The van der Waals surface area contributed by atoms with Gasteiger partial charge in [0.2, 0.25) is 5.91 Å². The molecule has 27 heavy (non-hydrogen) atoms. The molecule has 0 bridgehead atoms. The molecule has 4 heterocycles. The Kier molecular flexibility index (Phi) is 5.08. The van der Waals surface area contributed by atoms with Gasteiger partial charge in [0.1, 0.15) is 24.8 Å². The van der Waals surface area contributed by atoms with Crippen LogP contribution in [0.2, 0.25) is 0 Å². The average molecular weight is 366 g/mol. The first-order valence-corrected chi connectivity index (χ1v) is 9.10. The van der Waals surface area contributed by atoms with Crippen LogP contribution in [0, 0.1) is 5.92 Å². The molecule has 0 saturated carbocycles. The van der Waals surface area contributed by atoms with Crippen molar-refractivity contribution in [3.05, 3.63) is 49.6 Å². The summed E-state index contributed by atoms with van der Waals surface area (Å²) in [5.74, 6) is 1.54. The zero-order chi connectivity index (χ0) is 18.5. The van der Waals surface area contributed by atoms with E-state index >= 15 is 0 Å². The highest BCUT2D eigenvalue weighted by Gasteiger charge is 2.26. The Bertz CT molecular complexity index is 861. The fraction of sp³-hybridized carbons (Fsp3) is 0.389. The number of aromatic nitrogens is 6. The lowest BCUT2D eigenvalue weighted by molar-refractivity contribution is -0.125. The van der Waals surface area contributed by atoms with Crippen LogP contribution in [0.5, 0.6) is 0 Å². The average Bonchev–Trinajstić information content (AvgIpc) is 3.42. The van der Waals surface area contributed by atoms with E-state index in [1.165, 1.54) is 12.7 Å². The maximum Gasteiger partial charge on any atom is 0.224 e. The summed E-state index contributed by atoms with van der Waals surface area (Å²) < 4.78 is 3.65. The summed E-state index contributed by atoms with van der Waals surface area (Å²) in [6.45, 7) is 2.94. The topological polar surface area (TPSA) is 93.8 Å². The number of hydrogen-bond acceptors (Lipinski definition) is 6. The first-order chi connectivity index (χ1) is 13.3. The van der Waals surface area contributed by atoms with Crippen LogP contribution in [0.15, 0.2) is 49.6 Å². The number of piperidine rings is 1. The van der Waals surface area contributed by atoms with E-state index in [1.807, 2.05) is 30.6 Å². The van der Waals surface area contributed by atoms with Crippen LogP contribution in [0.1, 0.15) is 12.8 Å². The summed E-state index contributed by atoms with van der Waals surface area (Å²) in [4.78, 5) is 27.3. The van der Waals surface area contributed by atoms with Gasteiger partial charge in [-0.15, -0.1) is 0 Å². The molecular weight excluding hydrogens is 344 g/mol. The molecule has 1 aliphatic rings. The van der Waals surface area contributed by atoms with Gasteiger partial charge in [0.15, 0.2) is 5.82 Å². The third-order valence-corrected chi connectivity index (χ3v) is 4.74. The summed E-state index contributed by atoms with van der Waals surface area (Å²) in [5.41, 5.74) is 0. The fourth-order valence-corrected chi connectivity index (χ4v) is 3.33. The predicted octanol–water partition coefficient (Wildman–Crippen LogP) is 0.892. The summed E-state index contributed by atoms with van der Waals surface area (Å²) in [5, 5.41) is 7.16. The quantitative estimate of drug-likeness (QED) is 0.696. The van der Waals surface area contributed by atoms with Gasteiger partial charge in [0.05, 0.1) is 5.92 Å². The first-order valence-electron chi connectivity index (χ1n) is 9.10. The third kappa shape index (κ3) is 4.13. The number of nitrogens with one attached hydrogen (secondary N) is 1. The van der Waals surface area contributed by atoms with Crippen LogP contribution >= 0.6 is 0 Å². The Balaban J connectivity index is 1.36. The van der Waals surface area contributed by atoms with Gasteiger partial charge in [0, 0.05) is 44.6 Å². The fourth-order valence-electron chi connectivity index (χ4n) is 3.33. The van der Waals surface area contributed by atoms with E-state index in [1.54, 1.807) is 11.0 Å². The SMILES string of the molecule is O=C(NCCn1cccc1)C1CCCN(c2cc(-n3cncn3)ncn2)C1. The molecule has 3 aromatic heterocycles. The van der Waals surface area contributed by atoms with E-state index < -0.39 is 0 Å². The molecule has 3 aromatic rings. The lowest BCUT2D eigenvalue weighted by Gasteiger charge is -2.32. The Morgan fingerprint density at radius 2 is 2.04 bits per heavy atom. The summed E-state index contributed by atoms with van der Waals surface area (Å²) >= 11 is 0. The van der Waals surface area contributed by atoms with Crippen LogP contribution in [0.25, 0.3) is 5.82 Å². The molecule has 1 amide bonds. The standard InChI is InChI=1S/C18H22N8O/c27-18(20-5-9-24-6-1-2-7-24)15-4-3-8-25(11-15)16-10-17(22-13-21-16)26-14-19-12-23-26/h1-2,6-7,10,12-15H,3-5,8-9,11H2,(H,20,27). The second-order valence-electron chi connectivity index (χ2n) is 6.57. The molecule has 4 rings (SSSR count). The number of nitrogens with zero attached hydrogens (tertiary/aromatic N) is 7. The molecule has 0 radical (unpaired) electrons. The van der Waals surface area contributed by atoms with E-state index in [-0.39, 0.29) is 11.8 Å². The molecule has 1 unspecified atom stereocenters. The van der Waals surface area contributed by atoms with Crippen LogP contribution in [0.3, 0.4) is 0 Å². The summed E-state index contributed by atoms with van der Waals surface area (Å²) in [6, 6.07) is 5.84. The van der Waals surface area contributed by atoms with Crippen molar-refractivity contribution in [2.45, 2.75) is 19.4 Å². The van der Waals surface area contributed by atoms with Crippen LogP contribution in [0.4, 0.5) is 5.82 Å². The molecule has 0 spiro atoms. The highest BCUT2D eigenvalue weighted by atomic mass is 16.1. The lowest BCUT2D eigenvalue weighted by Crippen LogP contribution is -2.44. The third-order valence-electron chi connectivity index (χ3n) is 4.74. The molecule has 0 aliphatic carbocycles. The highest BCUT2D eigenvalue weighted by Crippen LogP contribution is 2.22. The lowest BCUT2D eigenvalue weighted by atomic mass is 9.97. The number of anilines is 1. The molecule has 1 fully saturated rings. The maximum atomic E-state index is 12.6. The van der Waals surface area contributed by atoms with Crippen molar-refractivity contribution >= 4 is 11.7 Å². The molecule has 9 nitrogen and oxygen atoms in total. The van der Waals surface area contributed by atoms with E-state index in [4.69, 9.17) is 0 Å². The Hall–Kier alpha value is -3.23. The van der Waals surface area contributed by atoms with Crippen molar-refractivity contribution in [1.82, 2.24) is 34.6 Å². The minimum absolute atomic E-state index is 0.0341. The van der Waals surface area contributed by atoms with Crippen LogP contribution < -0.4 is 10.2 Å². The second kappa shape index (κ2) is 7.98. The molecular formula is C18H22N8O. The minimum atomic E-state index is -0.0341. The van der Waals surface area contributed by atoms with Crippen molar-refractivity contribution in [1.29, 1.82) is 0 Å². The second-order valence-corrected chi connectivity index (χ2v) is 6.57. The van der Waals surface area contributed by atoms with Gasteiger partial charge >= 0.3 is 0 Å². The highest BCUT2D eigenvalue weighted by molar-refractivity contribution is 5.79. The normalized spacial score (nSPS) is 17.0. The zero-order valence-corrected chi connectivity index (χ0v) is 15.0. The van der Waals surface area contributed by atoms with Gasteiger partial charge in [-0.3, -0.25) is 4.79 Å². The Morgan fingerprint density at radius 1 is 1.19 bits per heavy atom. The van der Waals surface area contributed by atoms with Gasteiger partial charge in [-0.1, -0.05) is 0 Å².